The molecular weight excluding hydrogens is 240 g/mol. The van der Waals surface area contributed by atoms with Crippen LogP contribution >= 0.6 is 0 Å². The molecule has 1 aromatic heterocycles. The lowest BCUT2D eigenvalue weighted by molar-refractivity contribution is -0.121. The lowest BCUT2D eigenvalue weighted by atomic mass is 10.3. The Morgan fingerprint density at radius 1 is 1.44 bits per heavy atom. The third-order valence-electron chi connectivity index (χ3n) is 2.34. The fourth-order valence-corrected chi connectivity index (χ4v) is 1.30. The van der Waals surface area contributed by atoms with Crippen LogP contribution in [0.3, 0.4) is 0 Å². The van der Waals surface area contributed by atoms with E-state index in [2.05, 4.69) is 5.32 Å². The Balaban J connectivity index is 2.82. The summed E-state index contributed by atoms with van der Waals surface area (Å²) in [6.07, 6.45) is 0.989. The molecular formula is C11H14N2O5. The predicted molar refractivity (Wildman–Crippen MR) is 61.3 cm³/mol. The SMILES string of the molecule is CCN(CC(=O)NC)C(=O)c1cc(C(=O)O)co1. The summed E-state index contributed by atoms with van der Waals surface area (Å²) in [4.78, 5) is 35.0. The molecule has 1 rings (SSSR count). The average Bonchev–Trinajstić information content (AvgIpc) is 2.84. The smallest absolute Gasteiger partial charge is 0.338 e. The summed E-state index contributed by atoms with van der Waals surface area (Å²) < 4.78 is 4.88. The van der Waals surface area contributed by atoms with Crippen LogP contribution in [0.25, 0.3) is 0 Å². The molecule has 0 atom stereocenters. The number of rotatable bonds is 5. The summed E-state index contributed by atoms with van der Waals surface area (Å²) >= 11 is 0. The first-order chi connectivity index (χ1) is 8.49. The van der Waals surface area contributed by atoms with Crippen molar-refractivity contribution in [2.75, 3.05) is 20.1 Å². The Morgan fingerprint density at radius 2 is 2.11 bits per heavy atom. The summed E-state index contributed by atoms with van der Waals surface area (Å²) in [5.74, 6) is -2.10. The van der Waals surface area contributed by atoms with Crippen molar-refractivity contribution in [1.82, 2.24) is 10.2 Å². The lowest BCUT2D eigenvalue weighted by Gasteiger charge is -2.18. The number of carboxylic acids is 1. The van der Waals surface area contributed by atoms with E-state index >= 15 is 0 Å². The van der Waals surface area contributed by atoms with Crippen molar-refractivity contribution in [1.29, 1.82) is 0 Å². The van der Waals surface area contributed by atoms with Crippen molar-refractivity contribution in [3.63, 3.8) is 0 Å². The number of carboxylic acid groups (broad SMARTS) is 1. The molecule has 0 saturated carbocycles. The van der Waals surface area contributed by atoms with Crippen LogP contribution in [0, 0.1) is 0 Å². The first-order valence-corrected chi connectivity index (χ1v) is 5.31. The van der Waals surface area contributed by atoms with Crippen LogP contribution in [-0.2, 0) is 4.79 Å². The molecule has 0 bridgehead atoms. The molecule has 18 heavy (non-hydrogen) atoms. The minimum absolute atomic E-state index is 0.0989. The van der Waals surface area contributed by atoms with Crippen LogP contribution in [0.2, 0.25) is 0 Å². The zero-order chi connectivity index (χ0) is 13.7. The van der Waals surface area contributed by atoms with Crippen LogP contribution in [0.1, 0.15) is 27.8 Å². The number of aromatic carboxylic acids is 1. The maximum Gasteiger partial charge on any atom is 0.338 e. The Hall–Kier alpha value is -2.31. The molecule has 0 fully saturated rings. The Labute approximate surface area is 103 Å². The van der Waals surface area contributed by atoms with Crippen molar-refractivity contribution in [3.8, 4) is 0 Å². The van der Waals surface area contributed by atoms with E-state index in [0.717, 1.165) is 12.3 Å². The van der Waals surface area contributed by atoms with Gasteiger partial charge in [-0.15, -0.1) is 0 Å². The summed E-state index contributed by atoms with van der Waals surface area (Å²) in [6, 6.07) is 1.14. The van der Waals surface area contributed by atoms with Crippen molar-refractivity contribution in [3.05, 3.63) is 23.7 Å². The summed E-state index contributed by atoms with van der Waals surface area (Å²) in [7, 11) is 1.47. The van der Waals surface area contributed by atoms with E-state index in [1.165, 1.54) is 11.9 Å². The van der Waals surface area contributed by atoms with Crippen LogP contribution in [-0.4, -0.2) is 47.9 Å². The minimum Gasteiger partial charge on any atom is -0.478 e. The van der Waals surface area contributed by atoms with Crippen LogP contribution < -0.4 is 5.32 Å². The molecule has 2 amide bonds. The number of amides is 2. The molecule has 7 heteroatoms. The quantitative estimate of drug-likeness (QED) is 0.781. The fourth-order valence-electron chi connectivity index (χ4n) is 1.30. The van der Waals surface area contributed by atoms with Gasteiger partial charge in [0.15, 0.2) is 5.76 Å². The van der Waals surface area contributed by atoms with Crippen LogP contribution in [0.4, 0.5) is 0 Å². The van der Waals surface area contributed by atoms with Gasteiger partial charge in [0.25, 0.3) is 5.91 Å². The first kappa shape index (κ1) is 13.8. The van der Waals surface area contributed by atoms with Gasteiger partial charge < -0.3 is 19.7 Å². The molecule has 2 N–H and O–H groups in total. The summed E-state index contributed by atoms with van der Waals surface area (Å²) in [5.41, 5.74) is -0.102. The minimum atomic E-state index is -1.17. The second-order valence-electron chi connectivity index (χ2n) is 3.50. The maximum atomic E-state index is 11.9. The van der Waals surface area contributed by atoms with E-state index in [1.54, 1.807) is 6.92 Å². The van der Waals surface area contributed by atoms with Crippen LogP contribution in [0.15, 0.2) is 16.7 Å². The monoisotopic (exact) mass is 254 g/mol. The number of likely N-dealkylation sites (N-methyl/N-ethyl adjacent to an activating group) is 2. The summed E-state index contributed by atoms with van der Waals surface area (Å²) in [6.45, 7) is 1.92. The number of hydrogen-bond donors (Lipinski definition) is 2. The van der Waals surface area contributed by atoms with Crippen molar-refractivity contribution >= 4 is 17.8 Å². The fraction of sp³-hybridized carbons (Fsp3) is 0.364. The third-order valence-corrected chi connectivity index (χ3v) is 2.34. The zero-order valence-electron chi connectivity index (χ0n) is 10.1. The number of nitrogens with one attached hydrogen (secondary N) is 1. The number of nitrogens with zero attached hydrogens (tertiary/aromatic N) is 1. The predicted octanol–water partition coefficient (Wildman–Crippen LogP) is 0.186. The Morgan fingerprint density at radius 3 is 2.56 bits per heavy atom. The second kappa shape index (κ2) is 5.85. The van der Waals surface area contributed by atoms with E-state index in [-0.39, 0.29) is 23.8 Å². The van der Waals surface area contributed by atoms with Crippen molar-refractivity contribution in [2.24, 2.45) is 0 Å². The number of carbonyl (C=O) groups is 3. The van der Waals surface area contributed by atoms with Gasteiger partial charge in [-0.05, 0) is 6.92 Å². The molecule has 0 spiro atoms. The van der Waals surface area contributed by atoms with Crippen molar-refractivity contribution in [2.45, 2.75) is 6.92 Å². The molecule has 1 aromatic rings. The van der Waals surface area contributed by atoms with Gasteiger partial charge in [0.1, 0.15) is 6.26 Å². The highest BCUT2D eigenvalue weighted by Crippen LogP contribution is 2.10. The molecule has 0 aliphatic rings. The molecule has 1 heterocycles. The largest absolute Gasteiger partial charge is 0.478 e. The standard InChI is InChI=1S/C11H14N2O5/c1-3-13(5-9(14)12-2)10(15)8-4-7(6-18-8)11(16)17/h4,6H,3,5H2,1-2H3,(H,12,14)(H,16,17). The summed E-state index contributed by atoms with van der Waals surface area (Å²) in [5, 5.41) is 11.1. The van der Waals surface area contributed by atoms with Gasteiger partial charge >= 0.3 is 5.97 Å². The second-order valence-corrected chi connectivity index (χ2v) is 3.50. The molecule has 7 nitrogen and oxygen atoms in total. The topological polar surface area (TPSA) is 99.9 Å². The van der Waals surface area contributed by atoms with Gasteiger partial charge in [-0.2, -0.15) is 0 Å². The van der Waals surface area contributed by atoms with Crippen LogP contribution in [0.5, 0.6) is 0 Å². The van der Waals surface area contributed by atoms with E-state index < -0.39 is 11.9 Å². The molecule has 0 aromatic carbocycles. The highest BCUT2D eigenvalue weighted by Gasteiger charge is 2.21. The number of furan rings is 1. The molecule has 0 aliphatic heterocycles. The number of hydrogen-bond acceptors (Lipinski definition) is 4. The lowest BCUT2D eigenvalue weighted by Crippen LogP contribution is -2.39. The normalized spacial score (nSPS) is 9.89. The highest BCUT2D eigenvalue weighted by atomic mass is 16.4. The highest BCUT2D eigenvalue weighted by molar-refractivity contribution is 5.97. The molecule has 0 saturated heterocycles. The van der Waals surface area contributed by atoms with Gasteiger partial charge in [0.05, 0.1) is 12.1 Å². The van der Waals surface area contributed by atoms with Crippen molar-refractivity contribution < 1.29 is 23.9 Å². The molecule has 0 aliphatic carbocycles. The zero-order valence-corrected chi connectivity index (χ0v) is 10.1. The molecule has 0 unspecified atom stereocenters. The van der Waals surface area contributed by atoms with E-state index in [0.29, 0.717) is 6.54 Å². The van der Waals surface area contributed by atoms with E-state index in [1.807, 2.05) is 0 Å². The molecule has 98 valence electrons. The maximum absolute atomic E-state index is 11.9. The van der Waals surface area contributed by atoms with Gasteiger partial charge in [-0.3, -0.25) is 9.59 Å². The number of carbonyl (C=O) groups excluding carboxylic acids is 2. The first-order valence-electron chi connectivity index (χ1n) is 5.31. The molecule has 0 radical (unpaired) electrons. The van der Waals surface area contributed by atoms with E-state index in [9.17, 15) is 14.4 Å². The Bertz CT molecular complexity index is 466. The average molecular weight is 254 g/mol. The third kappa shape index (κ3) is 3.09. The van der Waals surface area contributed by atoms with Gasteiger partial charge in [0.2, 0.25) is 5.91 Å². The Kier molecular flexibility index (Phi) is 4.47. The van der Waals surface area contributed by atoms with E-state index in [4.69, 9.17) is 9.52 Å². The van der Waals surface area contributed by atoms with Gasteiger partial charge in [-0.25, -0.2) is 4.79 Å². The van der Waals surface area contributed by atoms with Gasteiger partial charge in [0, 0.05) is 19.7 Å². The van der Waals surface area contributed by atoms with Gasteiger partial charge in [-0.1, -0.05) is 0 Å².